The van der Waals surface area contributed by atoms with Gasteiger partial charge < -0.3 is 20.3 Å². The van der Waals surface area contributed by atoms with Crippen molar-refractivity contribution in [2.75, 3.05) is 13.2 Å². The fraction of sp³-hybridized carbons (Fsp3) is 0.897. The van der Waals surface area contributed by atoms with Crippen LogP contribution in [-0.4, -0.2) is 47.4 Å². The summed E-state index contributed by atoms with van der Waals surface area (Å²) in [6.45, 7) is 4.91. The van der Waals surface area contributed by atoms with Crippen LogP contribution in [0.5, 0.6) is 0 Å². The fourth-order valence-electron chi connectivity index (χ4n) is 12.0. The second-order valence-electron chi connectivity index (χ2n) is 26.3. The van der Waals surface area contributed by atoms with Crippen LogP contribution in [0, 0.1) is 0 Å². The Morgan fingerprint density at radius 3 is 0.881 bits per heavy atom. The van der Waals surface area contributed by atoms with Crippen molar-refractivity contribution in [1.82, 2.24) is 5.32 Å². The van der Waals surface area contributed by atoms with E-state index in [9.17, 15) is 19.8 Å². The van der Waals surface area contributed by atoms with E-state index in [4.69, 9.17) is 4.74 Å². The molecule has 0 aromatic rings. The molecule has 3 N–H and O–H groups in total. The number of carbonyl (C=O) groups is 2. The molecule has 0 rings (SSSR count). The molecule has 1 amide bonds. The molecule has 0 spiro atoms. The molecule has 0 aliphatic carbocycles. The van der Waals surface area contributed by atoms with E-state index in [0.717, 1.165) is 44.9 Å². The van der Waals surface area contributed by atoms with E-state index in [1.807, 2.05) is 6.08 Å². The lowest BCUT2D eigenvalue weighted by molar-refractivity contribution is -0.143. The minimum atomic E-state index is -0.844. The summed E-state index contributed by atoms with van der Waals surface area (Å²) in [5.41, 5.74) is 0. The Balaban J connectivity index is 3.38. The maximum Gasteiger partial charge on any atom is 0.305 e. The Kier molecular flexibility index (Phi) is 71.9. The van der Waals surface area contributed by atoms with Crippen LogP contribution in [0.1, 0.15) is 425 Å². The normalized spacial score (nSPS) is 12.7. The van der Waals surface area contributed by atoms with Gasteiger partial charge in [0.15, 0.2) is 0 Å². The highest BCUT2D eigenvalue weighted by Gasteiger charge is 2.18. The molecule has 0 bridgehead atoms. The summed E-state index contributed by atoms with van der Waals surface area (Å²) >= 11 is 0. The Morgan fingerprint density at radius 1 is 0.321 bits per heavy atom. The summed E-state index contributed by atoms with van der Waals surface area (Å²) in [5, 5.41) is 23.3. The molecule has 0 fully saturated rings. The van der Waals surface area contributed by atoms with Gasteiger partial charge in [-0.25, -0.2) is 0 Å². The second kappa shape index (κ2) is 73.5. The lowest BCUT2D eigenvalue weighted by Crippen LogP contribution is -2.45. The van der Waals surface area contributed by atoms with Gasteiger partial charge in [-0.15, -0.1) is 0 Å². The molecular formula is C78H149NO5. The lowest BCUT2D eigenvalue weighted by Gasteiger charge is -2.20. The monoisotopic (exact) mass is 1180 g/mol. The Hall–Kier alpha value is -1.92. The smallest absolute Gasteiger partial charge is 0.305 e. The van der Waals surface area contributed by atoms with Crippen LogP contribution in [-0.2, 0) is 14.3 Å². The summed E-state index contributed by atoms with van der Waals surface area (Å²) < 4.78 is 5.47. The van der Waals surface area contributed by atoms with Crippen LogP contribution in [0.25, 0.3) is 0 Å². The predicted molar refractivity (Wildman–Crippen MR) is 370 cm³/mol. The van der Waals surface area contributed by atoms with Crippen LogP contribution >= 0.6 is 0 Å². The van der Waals surface area contributed by atoms with E-state index in [0.29, 0.717) is 19.4 Å². The molecule has 84 heavy (non-hydrogen) atoms. The Labute approximate surface area is 525 Å². The van der Waals surface area contributed by atoms with E-state index in [1.165, 1.54) is 353 Å². The number of allylic oxidation sites excluding steroid dienone is 5. The number of hydrogen-bond acceptors (Lipinski definition) is 5. The summed E-state index contributed by atoms with van der Waals surface area (Å²) in [6, 6.07) is -0.627. The van der Waals surface area contributed by atoms with Crippen molar-refractivity contribution >= 4 is 11.9 Å². The fourth-order valence-corrected chi connectivity index (χ4v) is 12.0. The van der Waals surface area contributed by atoms with E-state index >= 15 is 0 Å². The van der Waals surface area contributed by atoms with Gasteiger partial charge in [0.05, 0.1) is 25.4 Å². The van der Waals surface area contributed by atoms with E-state index in [-0.39, 0.29) is 18.5 Å². The summed E-state index contributed by atoms with van der Waals surface area (Å²) in [6.07, 6.45) is 95.5. The quantitative estimate of drug-likeness (QED) is 0.0320. The second-order valence-corrected chi connectivity index (χ2v) is 26.3. The van der Waals surface area contributed by atoms with Crippen LogP contribution < -0.4 is 5.32 Å². The highest BCUT2D eigenvalue weighted by Crippen LogP contribution is 2.19. The number of esters is 1. The van der Waals surface area contributed by atoms with Crippen LogP contribution in [0.4, 0.5) is 0 Å². The third kappa shape index (κ3) is 69.2. The summed E-state index contributed by atoms with van der Waals surface area (Å²) in [7, 11) is 0. The molecule has 496 valence electrons. The van der Waals surface area contributed by atoms with Crippen molar-refractivity contribution in [2.24, 2.45) is 0 Å². The van der Waals surface area contributed by atoms with E-state index < -0.39 is 12.1 Å². The molecule has 0 aliphatic rings. The summed E-state index contributed by atoms with van der Waals surface area (Å²) in [5.74, 6) is -0.0525. The zero-order valence-electron chi connectivity index (χ0n) is 56.9. The first kappa shape index (κ1) is 82.1. The molecule has 0 saturated carbocycles. The number of unbranched alkanes of at least 4 members (excludes halogenated alkanes) is 57. The topological polar surface area (TPSA) is 95.9 Å². The average molecular weight is 1180 g/mol. The van der Waals surface area contributed by atoms with Gasteiger partial charge in [0.2, 0.25) is 5.91 Å². The van der Waals surface area contributed by atoms with Gasteiger partial charge in [-0.3, -0.25) is 9.59 Å². The summed E-state index contributed by atoms with van der Waals surface area (Å²) in [4.78, 5) is 24.6. The minimum absolute atomic E-state index is 0.00776. The van der Waals surface area contributed by atoms with Gasteiger partial charge in [0.1, 0.15) is 0 Å². The highest BCUT2D eigenvalue weighted by molar-refractivity contribution is 5.76. The van der Waals surface area contributed by atoms with Gasteiger partial charge in [-0.2, -0.15) is 0 Å². The molecule has 0 aliphatic heterocycles. The van der Waals surface area contributed by atoms with Crippen LogP contribution in [0.2, 0.25) is 0 Å². The molecule has 0 radical (unpaired) electrons. The zero-order chi connectivity index (χ0) is 60.6. The van der Waals surface area contributed by atoms with Crippen LogP contribution in [0.15, 0.2) is 36.5 Å². The molecule has 0 heterocycles. The maximum absolute atomic E-state index is 12.5. The number of amides is 1. The average Bonchev–Trinajstić information content (AvgIpc) is 3.51. The number of hydrogen-bond donors (Lipinski definition) is 3. The number of rotatable bonds is 72. The molecule has 0 aromatic carbocycles. The first-order chi connectivity index (χ1) is 41.5. The molecule has 6 nitrogen and oxygen atoms in total. The molecule has 2 atom stereocenters. The van der Waals surface area contributed by atoms with Gasteiger partial charge in [-0.1, -0.05) is 371 Å². The van der Waals surface area contributed by atoms with Crippen molar-refractivity contribution in [3.8, 4) is 0 Å². The highest BCUT2D eigenvalue weighted by atomic mass is 16.5. The van der Waals surface area contributed by atoms with Gasteiger partial charge >= 0.3 is 5.97 Å². The Bertz CT molecular complexity index is 1360. The molecular weight excluding hydrogens is 1030 g/mol. The molecule has 0 aromatic heterocycles. The van der Waals surface area contributed by atoms with E-state index in [2.05, 4.69) is 43.5 Å². The van der Waals surface area contributed by atoms with Crippen molar-refractivity contribution < 1.29 is 24.5 Å². The number of carbonyl (C=O) groups excluding carboxylic acids is 2. The van der Waals surface area contributed by atoms with Crippen molar-refractivity contribution in [2.45, 2.75) is 437 Å². The first-order valence-corrected chi connectivity index (χ1v) is 38.3. The SMILES string of the molecule is CCCC/C=C\CCCCCCCC(=O)OCCCCCCCCCCCCCC/C=C\CCCCCCCCCCCCCCCCCCCC(=O)NC(CO)C(O)/C=C/CCCCCCCCCCCCCCCCCCCCCCC. The maximum atomic E-state index is 12.5. The van der Waals surface area contributed by atoms with Gasteiger partial charge in [0, 0.05) is 12.8 Å². The third-order valence-electron chi connectivity index (χ3n) is 17.9. The predicted octanol–water partition coefficient (Wildman–Crippen LogP) is 25.0. The number of aliphatic hydroxyl groups excluding tert-OH is 2. The first-order valence-electron chi connectivity index (χ1n) is 38.3. The molecule has 6 heteroatoms. The lowest BCUT2D eigenvalue weighted by atomic mass is 10.0. The van der Waals surface area contributed by atoms with Gasteiger partial charge in [-0.05, 0) is 77.0 Å². The zero-order valence-corrected chi connectivity index (χ0v) is 56.9. The van der Waals surface area contributed by atoms with E-state index in [1.54, 1.807) is 6.08 Å². The van der Waals surface area contributed by atoms with Crippen LogP contribution in [0.3, 0.4) is 0 Å². The van der Waals surface area contributed by atoms with Crippen molar-refractivity contribution in [1.29, 1.82) is 0 Å². The van der Waals surface area contributed by atoms with Crippen molar-refractivity contribution in [3.05, 3.63) is 36.5 Å². The molecule has 0 saturated heterocycles. The Morgan fingerprint density at radius 2 is 0.571 bits per heavy atom. The minimum Gasteiger partial charge on any atom is -0.466 e. The van der Waals surface area contributed by atoms with Gasteiger partial charge in [0.25, 0.3) is 0 Å². The molecule has 2 unspecified atom stereocenters. The third-order valence-corrected chi connectivity index (χ3v) is 17.9. The largest absolute Gasteiger partial charge is 0.466 e. The standard InChI is InChI=1S/C78H149NO5/c1-3-5-7-9-11-13-15-16-17-18-19-20-32-35-38-41-44-47-51-54-58-62-66-70-76(81)75(74-80)79-77(82)71-67-63-59-55-52-48-45-42-39-36-33-30-28-26-24-22-21-23-25-27-29-31-34-37-40-43-46-49-53-57-61-65-69-73-84-78(83)72-68-64-60-56-50-14-12-10-8-6-4-2/h10,12,25,27,66,70,75-76,80-81H,3-9,11,13-24,26,28-65,67-69,71-74H2,1-2H3,(H,79,82)/b12-10-,27-25-,70-66+. The van der Waals surface area contributed by atoms with Crippen molar-refractivity contribution in [3.63, 3.8) is 0 Å². The number of aliphatic hydroxyl groups is 2. The number of nitrogens with one attached hydrogen (secondary N) is 1. The number of ether oxygens (including phenoxy) is 1.